The maximum Gasteiger partial charge on any atom is 0.0752 e. The van der Waals surface area contributed by atoms with E-state index in [-0.39, 0.29) is 6.61 Å². The molecule has 0 amide bonds. The Kier molecular flexibility index (Phi) is 3.79. The Hall–Kier alpha value is -1.07. The van der Waals surface area contributed by atoms with Crippen molar-refractivity contribution in [2.45, 2.75) is 13.0 Å². The average molecular weight is 225 g/mol. The minimum absolute atomic E-state index is 0.286. The lowest BCUT2D eigenvalue weighted by Gasteiger charge is -2.15. The van der Waals surface area contributed by atoms with Crippen LogP contribution in [0.2, 0.25) is 0 Å². The van der Waals surface area contributed by atoms with E-state index in [1.807, 2.05) is 17.1 Å². The standard InChI is InChI=1S/C11H19N3O2/c1-16-5-4-14-8-11(6-12-14)13-3-2-10(7-13)9-15/h6,8,10,15H,2-5,7,9H2,1H3. The van der Waals surface area contributed by atoms with Crippen molar-refractivity contribution in [2.75, 3.05) is 38.3 Å². The first-order valence-corrected chi connectivity index (χ1v) is 5.70. The number of aliphatic hydroxyl groups excluding tert-OH is 1. The van der Waals surface area contributed by atoms with Gasteiger partial charge in [-0.15, -0.1) is 0 Å². The van der Waals surface area contributed by atoms with Crippen LogP contribution in [0.25, 0.3) is 0 Å². The van der Waals surface area contributed by atoms with Crippen molar-refractivity contribution in [3.8, 4) is 0 Å². The lowest BCUT2D eigenvalue weighted by molar-refractivity contribution is 0.183. The monoisotopic (exact) mass is 225 g/mol. The first-order chi connectivity index (χ1) is 7.83. The van der Waals surface area contributed by atoms with E-state index in [0.717, 1.165) is 31.7 Å². The predicted molar refractivity (Wildman–Crippen MR) is 61.5 cm³/mol. The Morgan fingerprint density at radius 2 is 2.50 bits per heavy atom. The lowest BCUT2D eigenvalue weighted by Crippen LogP contribution is -2.20. The fourth-order valence-electron chi connectivity index (χ4n) is 2.04. The molecule has 5 nitrogen and oxygen atoms in total. The van der Waals surface area contributed by atoms with Gasteiger partial charge in [-0.05, 0) is 6.42 Å². The quantitative estimate of drug-likeness (QED) is 0.785. The summed E-state index contributed by atoms with van der Waals surface area (Å²) in [5.41, 5.74) is 1.15. The second kappa shape index (κ2) is 5.32. The number of aromatic nitrogens is 2. The van der Waals surface area contributed by atoms with Crippen LogP contribution in [0, 0.1) is 5.92 Å². The molecule has 0 aliphatic carbocycles. The summed E-state index contributed by atoms with van der Waals surface area (Å²) in [6.45, 7) is 3.70. The van der Waals surface area contributed by atoms with Gasteiger partial charge in [0.25, 0.3) is 0 Å². The Balaban J connectivity index is 1.92. The third-order valence-electron chi connectivity index (χ3n) is 3.05. The number of ether oxygens (including phenoxy) is 1. The van der Waals surface area contributed by atoms with Crippen molar-refractivity contribution in [2.24, 2.45) is 5.92 Å². The zero-order chi connectivity index (χ0) is 11.4. The van der Waals surface area contributed by atoms with Crippen LogP contribution in [0.5, 0.6) is 0 Å². The van der Waals surface area contributed by atoms with E-state index in [4.69, 9.17) is 9.84 Å². The number of methoxy groups -OCH3 is 1. The molecule has 1 aliphatic heterocycles. The van der Waals surface area contributed by atoms with Crippen molar-refractivity contribution >= 4 is 5.69 Å². The molecular formula is C11H19N3O2. The van der Waals surface area contributed by atoms with Gasteiger partial charge in [-0.2, -0.15) is 5.10 Å². The number of hydrogen-bond acceptors (Lipinski definition) is 4. The van der Waals surface area contributed by atoms with Gasteiger partial charge in [0.1, 0.15) is 0 Å². The molecule has 1 N–H and O–H groups in total. The van der Waals surface area contributed by atoms with Crippen LogP contribution >= 0.6 is 0 Å². The molecule has 90 valence electrons. The largest absolute Gasteiger partial charge is 0.396 e. The molecule has 1 aliphatic rings. The normalized spacial score (nSPS) is 20.6. The zero-order valence-electron chi connectivity index (χ0n) is 9.67. The number of nitrogens with zero attached hydrogens (tertiary/aromatic N) is 3. The first-order valence-electron chi connectivity index (χ1n) is 5.70. The minimum Gasteiger partial charge on any atom is -0.396 e. The summed E-state index contributed by atoms with van der Waals surface area (Å²) >= 11 is 0. The zero-order valence-corrected chi connectivity index (χ0v) is 9.67. The van der Waals surface area contributed by atoms with Gasteiger partial charge in [0.2, 0.25) is 0 Å². The number of rotatable bonds is 5. The van der Waals surface area contributed by atoms with Gasteiger partial charge in [0, 0.05) is 38.9 Å². The van der Waals surface area contributed by atoms with Gasteiger partial charge in [0.05, 0.1) is 25.0 Å². The summed E-state index contributed by atoms with van der Waals surface area (Å²) in [5.74, 6) is 0.419. The molecule has 0 radical (unpaired) electrons. The summed E-state index contributed by atoms with van der Waals surface area (Å²) in [5, 5.41) is 13.4. The molecule has 1 fully saturated rings. The summed E-state index contributed by atoms with van der Waals surface area (Å²) in [7, 11) is 1.69. The Morgan fingerprint density at radius 1 is 1.62 bits per heavy atom. The fraction of sp³-hybridized carbons (Fsp3) is 0.727. The van der Waals surface area contributed by atoms with E-state index < -0.39 is 0 Å². The highest BCUT2D eigenvalue weighted by molar-refractivity contribution is 5.43. The summed E-state index contributed by atoms with van der Waals surface area (Å²) in [6, 6.07) is 0. The Bertz CT molecular complexity index is 327. The van der Waals surface area contributed by atoms with Crippen molar-refractivity contribution in [1.29, 1.82) is 0 Å². The average Bonchev–Trinajstić information content (AvgIpc) is 2.94. The van der Waals surface area contributed by atoms with E-state index in [0.29, 0.717) is 12.5 Å². The van der Waals surface area contributed by atoms with Gasteiger partial charge in [-0.25, -0.2) is 0 Å². The van der Waals surface area contributed by atoms with E-state index in [1.165, 1.54) is 0 Å². The van der Waals surface area contributed by atoms with Crippen LogP contribution in [-0.2, 0) is 11.3 Å². The number of hydrogen-bond donors (Lipinski definition) is 1. The van der Waals surface area contributed by atoms with Crippen molar-refractivity contribution < 1.29 is 9.84 Å². The van der Waals surface area contributed by atoms with Crippen LogP contribution in [0.1, 0.15) is 6.42 Å². The predicted octanol–water partition coefficient (Wildman–Crippen LogP) is 0.348. The summed E-state index contributed by atoms with van der Waals surface area (Å²) in [6.07, 6.45) is 4.99. The number of aliphatic hydroxyl groups is 1. The summed E-state index contributed by atoms with van der Waals surface area (Å²) in [4.78, 5) is 2.27. The number of anilines is 1. The smallest absolute Gasteiger partial charge is 0.0752 e. The third-order valence-corrected chi connectivity index (χ3v) is 3.05. The van der Waals surface area contributed by atoms with Crippen LogP contribution in [-0.4, -0.2) is 48.3 Å². The van der Waals surface area contributed by atoms with Gasteiger partial charge in [0.15, 0.2) is 0 Å². The van der Waals surface area contributed by atoms with Gasteiger partial charge < -0.3 is 14.7 Å². The van der Waals surface area contributed by atoms with Crippen molar-refractivity contribution in [1.82, 2.24) is 9.78 Å². The molecule has 2 heterocycles. The lowest BCUT2D eigenvalue weighted by atomic mass is 10.1. The molecule has 1 saturated heterocycles. The Labute approximate surface area is 95.6 Å². The van der Waals surface area contributed by atoms with E-state index in [1.54, 1.807) is 7.11 Å². The maximum absolute atomic E-state index is 9.09. The molecule has 1 atom stereocenters. The van der Waals surface area contributed by atoms with Crippen molar-refractivity contribution in [3.05, 3.63) is 12.4 Å². The SMILES string of the molecule is COCCn1cc(N2CCC(CO)C2)cn1. The molecule has 5 heteroatoms. The van der Waals surface area contributed by atoms with Gasteiger partial charge >= 0.3 is 0 Å². The molecule has 0 aromatic carbocycles. The first kappa shape index (κ1) is 11.4. The van der Waals surface area contributed by atoms with Crippen LogP contribution in [0.3, 0.4) is 0 Å². The van der Waals surface area contributed by atoms with E-state index >= 15 is 0 Å². The fourth-order valence-corrected chi connectivity index (χ4v) is 2.04. The van der Waals surface area contributed by atoms with Gasteiger partial charge in [-0.1, -0.05) is 0 Å². The molecule has 1 aromatic rings. The molecule has 0 bridgehead atoms. The topological polar surface area (TPSA) is 50.5 Å². The van der Waals surface area contributed by atoms with Gasteiger partial charge in [-0.3, -0.25) is 4.68 Å². The van der Waals surface area contributed by atoms with Crippen LogP contribution in [0.4, 0.5) is 5.69 Å². The van der Waals surface area contributed by atoms with E-state index in [2.05, 4.69) is 10.00 Å². The second-order valence-corrected chi connectivity index (χ2v) is 4.24. The molecule has 2 rings (SSSR count). The van der Waals surface area contributed by atoms with Crippen LogP contribution in [0.15, 0.2) is 12.4 Å². The molecule has 1 unspecified atom stereocenters. The summed E-state index contributed by atoms with van der Waals surface area (Å²) < 4.78 is 6.90. The molecule has 16 heavy (non-hydrogen) atoms. The minimum atomic E-state index is 0.286. The highest BCUT2D eigenvalue weighted by Crippen LogP contribution is 2.22. The molecule has 0 saturated carbocycles. The Morgan fingerprint density at radius 3 is 3.19 bits per heavy atom. The van der Waals surface area contributed by atoms with Crippen molar-refractivity contribution in [3.63, 3.8) is 0 Å². The van der Waals surface area contributed by atoms with Crippen LogP contribution < -0.4 is 4.90 Å². The second-order valence-electron chi connectivity index (χ2n) is 4.24. The maximum atomic E-state index is 9.09. The van der Waals surface area contributed by atoms with E-state index in [9.17, 15) is 0 Å². The molecule has 0 spiro atoms. The molecular weight excluding hydrogens is 206 g/mol. The molecule has 1 aromatic heterocycles. The highest BCUT2D eigenvalue weighted by atomic mass is 16.5. The third kappa shape index (κ3) is 2.54. The highest BCUT2D eigenvalue weighted by Gasteiger charge is 2.22.